The van der Waals surface area contributed by atoms with Crippen molar-refractivity contribution < 1.29 is 8.42 Å². The Kier molecular flexibility index (Phi) is 9.15. The third-order valence-corrected chi connectivity index (χ3v) is 5.88. The molecule has 0 aliphatic rings. The lowest BCUT2D eigenvalue weighted by atomic mass is 10.1. The summed E-state index contributed by atoms with van der Waals surface area (Å²) in [6, 6.07) is 18.3. The fraction of sp³-hybridized carbons (Fsp3) is 0.409. The van der Waals surface area contributed by atoms with Crippen LogP contribution in [0.3, 0.4) is 0 Å². The van der Waals surface area contributed by atoms with Gasteiger partial charge in [-0.2, -0.15) is 0 Å². The van der Waals surface area contributed by atoms with Gasteiger partial charge in [0, 0.05) is 12.6 Å². The highest BCUT2D eigenvalue weighted by Gasteiger charge is 2.09. The average molecular weight is 417 g/mol. The molecule has 0 saturated carbocycles. The van der Waals surface area contributed by atoms with Gasteiger partial charge in [-0.15, -0.1) is 0 Å². The van der Waals surface area contributed by atoms with Crippen molar-refractivity contribution in [3.63, 3.8) is 0 Å². The molecule has 0 amide bonds. The molecule has 29 heavy (non-hydrogen) atoms. The van der Waals surface area contributed by atoms with E-state index in [1.165, 1.54) is 12.6 Å². The van der Waals surface area contributed by atoms with Crippen LogP contribution in [0.5, 0.6) is 0 Å². The van der Waals surface area contributed by atoms with Gasteiger partial charge in [0.2, 0.25) is 10.0 Å². The maximum atomic E-state index is 11.6. The normalized spacial score (nSPS) is 13.1. The molecular formula is C22H32N4O2S. The Hall–Kier alpha value is -2.38. The summed E-state index contributed by atoms with van der Waals surface area (Å²) in [6.45, 7) is 5.52. The predicted octanol–water partition coefficient (Wildman–Crippen LogP) is 2.81. The average Bonchev–Trinajstić information content (AvgIpc) is 2.72. The van der Waals surface area contributed by atoms with E-state index >= 15 is 0 Å². The first-order chi connectivity index (χ1) is 13.9. The lowest BCUT2D eigenvalue weighted by molar-refractivity contribution is 0.587. The Morgan fingerprint density at radius 1 is 1.00 bits per heavy atom. The van der Waals surface area contributed by atoms with E-state index in [9.17, 15) is 8.42 Å². The van der Waals surface area contributed by atoms with Crippen molar-refractivity contribution in [1.82, 2.24) is 15.4 Å². The van der Waals surface area contributed by atoms with E-state index in [2.05, 4.69) is 51.5 Å². The SMILES string of the molecule is CCNC(=NCc1ccc(CS(=O)(=O)NC)cc1)NC(C)CCc1ccccc1. The lowest BCUT2D eigenvalue weighted by Gasteiger charge is -2.18. The predicted molar refractivity (Wildman–Crippen MR) is 120 cm³/mol. The second-order valence-corrected chi connectivity index (χ2v) is 8.97. The van der Waals surface area contributed by atoms with Crippen molar-refractivity contribution in [2.24, 2.45) is 4.99 Å². The van der Waals surface area contributed by atoms with Gasteiger partial charge in [0.05, 0.1) is 12.3 Å². The maximum Gasteiger partial charge on any atom is 0.215 e. The number of nitrogens with one attached hydrogen (secondary N) is 3. The topological polar surface area (TPSA) is 82.6 Å². The number of nitrogens with zero attached hydrogens (tertiary/aromatic N) is 1. The molecular weight excluding hydrogens is 384 g/mol. The van der Waals surface area contributed by atoms with Gasteiger partial charge >= 0.3 is 0 Å². The van der Waals surface area contributed by atoms with Crippen LogP contribution in [0.25, 0.3) is 0 Å². The molecule has 0 heterocycles. The molecule has 1 atom stereocenters. The maximum absolute atomic E-state index is 11.6. The van der Waals surface area contributed by atoms with Crippen LogP contribution in [-0.2, 0) is 28.7 Å². The number of hydrogen-bond donors (Lipinski definition) is 3. The molecule has 2 aromatic carbocycles. The van der Waals surface area contributed by atoms with Crippen molar-refractivity contribution in [2.45, 2.75) is 45.0 Å². The minimum Gasteiger partial charge on any atom is -0.357 e. The van der Waals surface area contributed by atoms with E-state index in [-0.39, 0.29) is 5.75 Å². The van der Waals surface area contributed by atoms with Crippen molar-refractivity contribution in [3.05, 3.63) is 71.3 Å². The molecule has 0 aliphatic heterocycles. The zero-order valence-electron chi connectivity index (χ0n) is 17.5. The number of benzene rings is 2. The molecule has 3 N–H and O–H groups in total. The molecule has 158 valence electrons. The van der Waals surface area contributed by atoms with Gasteiger partial charge in [-0.05, 0) is 50.4 Å². The molecule has 7 heteroatoms. The number of sulfonamides is 1. The van der Waals surface area contributed by atoms with Crippen LogP contribution >= 0.6 is 0 Å². The summed E-state index contributed by atoms with van der Waals surface area (Å²) in [4.78, 5) is 4.66. The van der Waals surface area contributed by atoms with Gasteiger partial charge in [0.25, 0.3) is 0 Å². The number of aryl methyl sites for hydroxylation is 1. The van der Waals surface area contributed by atoms with E-state index < -0.39 is 10.0 Å². The minimum absolute atomic E-state index is 0.0177. The van der Waals surface area contributed by atoms with Gasteiger partial charge in [0.15, 0.2) is 5.96 Å². The molecule has 0 fully saturated rings. The Labute approximate surface area is 174 Å². The number of guanidine groups is 1. The largest absolute Gasteiger partial charge is 0.357 e. The Bertz CT molecular complexity index is 865. The molecule has 0 radical (unpaired) electrons. The van der Waals surface area contributed by atoms with E-state index in [1.807, 2.05) is 37.3 Å². The molecule has 2 aromatic rings. The van der Waals surface area contributed by atoms with Gasteiger partial charge < -0.3 is 10.6 Å². The van der Waals surface area contributed by atoms with Crippen molar-refractivity contribution in [1.29, 1.82) is 0 Å². The second kappa shape index (κ2) is 11.6. The quantitative estimate of drug-likeness (QED) is 0.411. The van der Waals surface area contributed by atoms with Gasteiger partial charge in [-0.1, -0.05) is 54.6 Å². The summed E-state index contributed by atoms with van der Waals surface area (Å²) in [5.74, 6) is 0.769. The lowest BCUT2D eigenvalue weighted by Crippen LogP contribution is -2.42. The molecule has 1 unspecified atom stereocenters. The first-order valence-electron chi connectivity index (χ1n) is 9.99. The summed E-state index contributed by atoms with van der Waals surface area (Å²) in [5, 5.41) is 6.74. The number of aliphatic imine (C=N–C) groups is 1. The van der Waals surface area contributed by atoms with E-state index in [0.717, 1.165) is 36.5 Å². The molecule has 0 spiro atoms. The first kappa shape index (κ1) is 22.9. The van der Waals surface area contributed by atoms with E-state index in [1.54, 1.807) is 0 Å². The number of hydrogen-bond acceptors (Lipinski definition) is 3. The van der Waals surface area contributed by atoms with Crippen LogP contribution in [0.2, 0.25) is 0 Å². The summed E-state index contributed by atoms with van der Waals surface area (Å²) < 4.78 is 25.6. The molecule has 0 aromatic heterocycles. The van der Waals surface area contributed by atoms with Crippen LogP contribution in [0, 0.1) is 0 Å². The Morgan fingerprint density at radius 2 is 1.66 bits per heavy atom. The summed E-state index contributed by atoms with van der Waals surface area (Å²) in [5.41, 5.74) is 3.12. The van der Waals surface area contributed by atoms with Crippen LogP contribution in [0.1, 0.15) is 37.0 Å². The smallest absolute Gasteiger partial charge is 0.215 e. The minimum atomic E-state index is -3.26. The Morgan fingerprint density at radius 3 is 2.28 bits per heavy atom. The molecule has 0 bridgehead atoms. The highest BCUT2D eigenvalue weighted by atomic mass is 32.2. The third kappa shape index (κ3) is 8.66. The Balaban J connectivity index is 1.90. The first-order valence-corrected chi connectivity index (χ1v) is 11.6. The number of rotatable bonds is 10. The van der Waals surface area contributed by atoms with Crippen LogP contribution in [-0.4, -0.2) is 34.0 Å². The van der Waals surface area contributed by atoms with Crippen LogP contribution in [0.15, 0.2) is 59.6 Å². The van der Waals surface area contributed by atoms with Gasteiger partial charge in [0.1, 0.15) is 0 Å². The van der Waals surface area contributed by atoms with Gasteiger partial charge in [-0.25, -0.2) is 18.1 Å². The fourth-order valence-electron chi connectivity index (χ4n) is 2.86. The van der Waals surface area contributed by atoms with Crippen molar-refractivity contribution in [2.75, 3.05) is 13.6 Å². The van der Waals surface area contributed by atoms with Gasteiger partial charge in [-0.3, -0.25) is 0 Å². The fourth-order valence-corrected chi connectivity index (χ4v) is 3.63. The molecule has 0 saturated heterocycles. The van der Waals surface area contributed by atoms with Crippen molar-refractivity contribution >= 4 is 16.0 Å². The zero-order chi connectivity index (χ0) is 21.1. The highest BCUT2D eigenvalue weighted by molar-refractivity contribution is 7.88. The highest BCUT2D eigenvalue weighted by Crippen LogP contribution is 2.09. The molecule has 2 rings (SSSR count). The van der Waals surface area contributed by atoms with E-state index in [0.29, 0.717) is 12.6 Å². The standard InChI is InChI=1S/C22H32N4O2S/c1-4-24-22(26-18(2)10-11-19-8-6-5-7-9-19)25-16-20-12-14-21(15-13-20)17-29(27,28)23-3/h5-9,12-15,18,23H,4,10-11,16-17H2,1-3H3,(H2,24,25,26). The summed E-state index contributed by atoms with van der Waals surface area (Å²) in [7, 11) is -1.83. The summed E-state index contributed by atoms with van der Waals surface area (Å²) >= 11 is 0. The third-order valence-electron chi connectivity index (χ3n) is 4.55. The second-order valence-electron chi connectivity index (χ2n) is 7.04. The van der Waals surface area contributed by atoms with Crippen molar-refractivity contribution in [3.8, 4) is 0 Å². The van der Waals surface area contributed by atoms with Crippen LogP contribution < -0.4 is 15.4 Å². The molecule has 0 aliphatic carbocycles. The molecule has 6 nitrogen and oxygen atoms in total. The monoisotopic (exact) mass is 416 g/mol. The van der Waals surface area contributed by atoms with Crippen LogP contribution in [0.4, 0.5) is 0 Å². The summed E-state index contributed by atoms with van der Waals surface area (Å²) in [6.07, 6.45) is 2.04. The zero-order valence-corrected chi connectivity index (χ0v) is 18.3. The van der Waals surface area contributed by atoms with E-state index in [4.69, 9.17) is 0 Å².